The third-order valence-electron chi connectivity index (χ3n) is 5.10. The van der Waals surface area contributed by atoms with Crippen molar-refractivity contribution < 1.29 is 19.1 Å². The van der Waals surface area contributed by atoms with E-state index >= 15 is 0 Å². The van der Waals surface area contributed by atoms with E-state index in [2.05, 4.69) is 0 Å². The molecule has 1 aliphatic heterocycles. The van der Waals surface area contributed by atoms with Gasteiger partial charge < -0.3 is 18.9 Å². The van der Waals surface area contributed by atoms with E-state index in [1.807, 2.05) is 26.1 Å². The number of aromatic nitrogens is 1. The van der Waals surface area contributed by atoms with Crippen molar-refractivity contribution in [2.45, 2.75) is 26.7 Å². The number of amides is 1. The lowest BCUT2D eigenvalue weighted by atomic mass is 9.96. The summed E-state index contributed by atoms with van der Waals surface area (Å²) in [6.07, 6.45) is 2.69. The average Bonchev–Trinajstić information content (AvgIpc) is 2.70. The van der Waals surface area contributed by atoms with E-state index in [0.717, 1.165) is 5.52 Å². The highest BCUT2D eigenvalue weighted by atomic mass is 16.5. The summed E-state index contributed by atoms with van der Waals surface area (Å²) >= 11 is 0. The zero-order valence-electron chi connectivity index (χ0n) is 16.6. The molecule has 1 saturated heterocycles. The Morgan fingerprint density at radius 2 is 1.86 bits per heavy atom. The first-order chi connectivity index (χ1) is 13.5. The summed E-state index contributed by atoms with van der Waals surface area (Å²) in [6.45, 7) is 5.38. The van der Waals surface area contributed by atoms with Crippen molar-refractivity contribution in [2.75, 3.05) is 26.3 Å². The molecule has 1 aliphatic rings. The van der Waals surface area contributed by atoms with Crippen LogP contribution in [0.15, 0.2) is 29.2 Å². The van der Waals surface area contributed by atoms with Gasteiger partial charge in [-0.1, -0.05) is 0 Å². The van der Waals surface area contributed by atoms with E-state index in [9.17, 15) is 14.4 Å². The van der Waals surface area contributed by atoms with E-state index < -0.39 is 0 Å². The van der Waals surface area contributed by atoms with E-state index in [0.29, 0.717) is 50.3 Å². The van der Waals surface area contributed by atoms with Gasteiger partial charge in [-0.15, -0.1) is 0 Å². The van der Waals surface area contributed by atoms with Gasteiger partial charge in [0.1, 0.15) is 11.3 Å². The number of ether oxygens (including phenoxy) is 2. The van der Waals surface area contributed by atoms with Crippen LogP contribution in [0.1, 0.15) is 37.0 Å². The number of piperidine rings is 1. The van der Waals surface area contributed by atoms with Crippen molar-refractivity contribution in [1.82, 2.24) is 9.47 Å². The van der Waals surface area contributed by atoms with Gasteiger partial charge in [-0.3, -0.25) is 14.4 Å². The lowest BCUT2D eigenvalue weighted by molar-refractivity contribution is -0.149. The third-order valence-corrected chi connectivity index (χ3v) is 5.10. The van der Waals surface area contributed by atoms with E-state index in [4.69, 9.17) is 9.47 Å². The van der Waals surface area contributed by atoms with Crippen molar-refractivity contribution in [3.8, 4) is 5.75 Å². The molecule has 0 radical (unpaired) electrons. The van der Waals surface area contributed by atoms with Crippen molar-refractivity contribution in [3.63, 3.8) is 0 Å². The largest absolute Gasteiger partial charge is 0.494 e. The smallest absolute Gasteiger partial charge is 0.309 e. The summed E-state index contributed by atoms with van der Waals surface area (Å²) in [5, 5.41) is 0.459. The molecule has 0 bridgehead atoms. The Balaban J connectivity index is 1.85. The van der Waals surface area contributed by atoms with Crippen molar-refractivity contribution in [3.05, 3.63) is 40.2 Å². The molecular weight excluding hydrogens is 360 g/mol. The minimum absolute atomic E-state index is 0.137. The minimum atomic E-state index is -0.299. The molecule has 0 atom stereocenters. The fourth-order valence-electron chi connectivity index (χ4n) is 3.63. The Kier molecular flexibility index (Phi) is 6.02. The number of likely N-dealkylation sites (tertiary alicyclic amines) is 1. The van der Waals surface area contributed by atoms with E-state index in [1.165, 1.54) is 0 Å². The van der Waals surface area contributed by atoms with Crippen molar-refractivity contribution >= 4 is 22.8 Å². The maximum Gasteiger partial charge on any atom is 0.309 e. The van der Waals surface area contributed by atoms with Gasteiger partial charge >= 0.3 is 5.97 Å². The zero-order chi connectivity index (χ0) is 20.3. The molecule has 1 fully saturated rings. The molecule has 2 aromatic rings. The first kappa shape index (κ1) is 19.9. The Morgan fingerprint density at radius 3 is 2.50 bits per heavy atom. The van der Waals surface area contributed by atoms with Crippen LogP contribution in [0.3, 0.4) is 0 Å². The second-order valence-electron chi connectivity index (χ2n) is 6.91. The van der Waals surface area contributed by atoms with Gasteiger partial charge in [0.15, 0.2) is 0 Å². The molecule has 7 heteroatoms. The van der Waals surface area contributed by atoms with Crippen LogP contribution in [0.25, 0.3) is 10.9 Å². The number of rotatable bonds is 5. The Morgan fingerprint density at radius 1 is 1.14 bits per heavy atom. The van der Waals surface area contributed by atoms with Gasteiger partial charge in [0, 0.05) is 26.3 Å². The number of carbonyl (C=O) groups excluding carboxylic acids is 2. The molecule has 28 heavy (non-hydrogen) atoms. The summed E-state index contributed by atoms with van der Waals surface area (Å²) in [4.78, 5) is 39.5. The highest BCUT2D eigenvalue weighted by Crippen LogP contribution is 2.22. The van der Waals surface area contributed by atoms with E-state index in [1.54, 1.807) is 28.7 Å². The van der Waals surface area contributed by atoms with Gasteiger partial charge in [0.25, 0.3) is 5.91 Å². The molecule has 150 valence electrons. The average molecular weight is 386 g/mol. The molecule has 0 spiro atoms. The molecule has 0 N–H and O–H groups in total. The van der Waals surface area contributed by atoms with Crippen LogP contribution in [0, 0.1) is 5.92 Å². The molecule has 2 heterocycles. The fraction of sp³-hybridized carbons (Fsp3) is 0.476. The molecule has 0 aliphatic carbocycles. The second-order valence-corrected chi connectivity index (χ2v) is 6.91. The Labute approximate surface area is 163 Å². The maximum absolute atomic E-state index is 13.0. The Bertz CT molecular complexity index is 942. The minimum Gasteiger partial charge on any atom is -0.494 e. The van der Waals surface area contributed by atoms with Crippen LogP contribution in [-0.4, -0.2) is 47.6 Å². The first-order valence-corrected chi connectivity index (χ1v) is 9.68. The highest BCUT2D eigenvalue weighted by molar-refractivity contribution is 5.97. The first-order valence-electron chi connectivity index (χ1n) is 9.68. The summed E-state index contributed by atoms with van der Waals surface area (Å²) in [5.74, 6) is -0.0876. The van der Waals surface area contributed by atoms with Gasteiger partial charge in [0.2, 0.25) is 5.43 Å². The zero-order valence-corrected chi connectivity index (χ0v) is 16.6. The number of nitrogens with zero attached hydrogens (tertiary/aromatic N) is 2. The van der Waals surface area contributed by atoms with Gasteiger partial charge in [-0.2, -0.15) is 0 Å². The molecule has 1 amide bonds. The topological polar surface area (TPSA) is 77.8 Å². The molecule has 3 rings (SSSR count). The summed E-state index contributed by atoms with van der Waals surface area (Å²) in [7, 11) is 1.81. The van der Waals surface area contributed by atoms with Crippen molar-refractivity contribution in [2.24, 2.45) is 13.0 Å². The molecular formula is C21H26N2O5. The van der Waals surface area contributed by atoms with Gasteiger partial charge in [-0.05, 0) is 44.9 Å². The van der Waals surface area contributed by atoms with Crippen LogP contribution in [0.2, 0.25) is 0 Å². The van der Waals surface area contributed by atoms with Crippen LogP contribution in [0.5, 0.6) is 5.75 Å². The van der Waals surface area contributed by atoms with Gasteiger partial charge in [-0.25, -0.2) is 0 Å². The maximum atomic E-state index is 13.0. The van der Waals surface area contributed by atoms with Crippen LogP contribution < -0.4 is 10.2 Å². The van der Waals surface area contributed by atoms with Crippen molar-refractivity contribution in [1.29, 1.82) is 0 Å². The fourth-order valence-corrected chi connectivity index (χ4v) is 3.63. The summed E-state index contributed by atoms with van der Waals surface area (Å²) in [6, 6.07) is 5.32. The highest BCUT2D eigenvalue weighted by Gasteiger charge is 2.30. The summed E-state index contributed by atoms with van der Waals surface area (Å²) < 4.78 is 12.3. The van der Waals surface area contributed by atoms with Gasteiger partial charge in [0.05, 0.1) is 30.0 Å². The quantitative estimate of drug-likeness (QED) is 0.737. The summed E-state index contributed by atoms with van der Waals surface area (Å²) in [5.41, 5.74) is 0.580. The number of aryl methyl sites for hydroxylation is 1. The van der Waals surface area contributed by atoms with Crippen LogP contribution in [-0.2, 0) is 16.6 Å². The number of carbonyl (C=O) groups is 2. The third kappa shape index (κ3) is 3.88. The lowest BCUT2D eigenvalue weighted by Gasteiger charge is -2.31. The number of pyridine rings is 1. The second kappa shape index (κ2) is 8.46. The molecule has 7 nitrogen and oxygen atoms in total. The number of esters is 1. The predicted molar refractivity (Wildman–Crippen MR) is 106 cm³/mol. The van der Waals surface area contributed by atoms with E-state index in [-0.39, 0.29) is 28.8 Å². The lowest BCUT2D eigenvalue weighted by Crippen LogP contribution is -2.42. The molecule has 0 unspecified atom stereocenters. The molecule has 0 saturated carbocycles. The number of hydrogen-bond acceptors (Lipinski definition) is 5. The normalized spacial score (nSPS) is 14.9. The SMILES string of the molecule is CCOC(=O)C1CCN(C(=O)c2cn(C)c3ccc(OCC)cc3c2=O)CC1. The predicted octanol–water partition coefficient (Wildman–Crippen LogP) is 2.35. The standard InChI is InChI=1S/C21H26N2O5/c1-4-27-15-6-7-18-16(12-15)19(24)17(13-22(18)3)20(25)23-10-8-14(9-11-23)21(26)28-5-2/h6-7,12-14H,4-5,8-11H2,1-3H3. The van der Waals surface area contributed by atoms with Crippen LogP contribution in [0.4, 0.5) is 0 Å². The number of fused-ring (bicyclic) bond motifs is 1. The monoisotopic (exact) mass is 386 g/mol. The molecule has 1 aromatic heterocycles. The number of benzene rings is 1. The Hall–Kier alpha value is -2.83. The molecule has 1 aromatic carbocycles. The number of hydrogen-bond donors (Lipinski definition) is 0. The van der Waals surface area contributed by atoms with Crippen LogP contribution >= 0.6 is 0 Å².